The molecule has 2 unspecified atom stereocenters. The van der Waals surface area contributed by atoms with Crippen LogP contribution in [0.15, 0.2) is 0 Å². The second-order valence-corrected chi connectivity index (χ2v) is 3.27. The topological polar surface area (TPSA) is 35.5 Å². The third kappa shape index (κ3) is 2.81. The SMILES string of the molecule is CCC1COC(COC(C)=O)C1. The molecule has 0 aliphatic carbocycles. The number of carbonyl (C=O) groups is 1. The molecule has 0 amide bonds. The van der Waals surface area contributed by atoms with Gasteiger partial charge in [-0.15, -0.1) is 0 Å². The van der Waals surface area contributed by atoms with Crippen LogP contribution < -0.4 is 0 Å². The Morgan fingerprint density at radius 3 is 2.92 bits per heavy atom. The molecular weight excluding hydrogens is 156 g/mol. The molecule has 1 aliphatic heterocycles. The number of ether oxygens (including phenoxy) is 2. The second kappa shape index (κ2) is 4.45. The average molecular weight is 172 g/mol. The first-order valence-electron chi connectivity index (χ1n) is 4.47. The number of rotatable bonds is 3. The van der Waals surface area contributed by atoms with Gasteiger partial charge in [0, 0.05) is 6.92 Å². The van der Waals surface area contributed by atoms with Crippen molar-refractivity contribution in [3.05, 3.63) is 0 Å². The van der Waals surface area contributed by atoms with Crippen LogP contribution in [0.4, 0.5) is 0 Å². The molecule has 3 heteroatoms. The monoisotopic (exact) mass is 172 g/mol. The summed E-state index contributed by atoms with van der Waals surface area (Å²) in [6, 6.07) is 0. The van der Waals surface area contributed by atoms with Gasteiger partial charge in [0.25, 0.3) is 0 Å². The Balaban J connectivity index is 2.15. The van der Waals surface area contributed by atoms with Crippen LogP contribution >= 0.6 is 0 Å². The fourth-order valence-electron chi connectivity index (χ4n) is 1.39. The van der Waals surface area contributed by atoms with Gasteiger partial charge in [0.15, 0.2) is 0 Å². The third-order valence-electron chi connectivity index (χ3n) is 2.21. The van der Waals surface area contributed by atoms with Crippen LogP contribution in [0.2, 0.25) is 0 Å². The molecule has 1 heterocycles. The Morgan fingerprint density at radius 1 is 1.67 bits per heavy atom. The van der Waals surface area contributed by atoms with Crippen LogP contribution in [0.5, 0.6) is 0 Å². The molecule has 0 spiro atoms. The van der Waals surface area contributed by atoms with Gasteiger partial charge in [-0.05, 0) is 12.3 Å². The normalized spacial score (nSPS) is 28.8. The molecule has 12 heavy (non-hydrogen) atoms. The van der Waals surface area contributed by atoms with Crippen LogP contribution in [0.25, 0.3) is 0 Å². The lowest BCUT2D eigenvalue weighted by Gasteiger charge is -2.08. The van der Waals surface area contributed by atoms with Crippen LogP contribution in [0.3, 0.4) is 0 Å². The van der Waals surface area contributed by atoms with Crippen molar-refractivity contribution < 1.29 is 14.3 Å². The van der Waals surface area contributed by atoms with Crippen LogP contribution in [-0.2, 0) is 14.3 Å². The largest absolute Gasteiger partial charge is 0.463 e. The summed E-state index contributed by atoms with van der Waals surface area (Å²) in [5, 5.41) is 0. The first-order valence-corrected chi connectivity index (χ1v) is 4.47. The number of carbonyl (C=O) groups excluding carboxylic acids is 1. The molecule has 0 aromatic heterocycles. The van der Waals surface area contributed by atoms with Crippen molar-refractivity contribution in [2.24, 2.45) is 5.92 Å². The molecule has 2 atom stereocenters. The van der Waals surface area contributed by atoms with E-state index < -0.39 is 0 Å². The predicted octanol–water partition coefficient (Wildman–Crippen LogP) is 1.36. The highest BCUT2D eigenvalue weighted by molar-refractivity contribution is 5.65. The van der Waals surface area contributed by atoms with Gasteiger partial charge in [0.1, 0.15) is 6.61 Å². The fraction of sp³-hybridized carbons (Fsp3) is 0.889. The molecule has 1 aliphatic rings. The summed E-state index contributed by atoms with van der Waals surface area (Å²) in [7, 11) is 0. The number of esters is 1. The van der Waals surface area contributed by atoms with Crippen molar-refractivity contribution in [3.8, 4) is 0 Å². The van der Waals surface area contributed by atoms with E-state index >= 15 is 0 Å². The molecular formula is C9H16O3. The zero-order valence-electron chi connectivity index (χ0n) is 7.71. The summed E-state index contributed by atoms with van der Waals surface area (Å²) in [6.07, 6.45) is 2.32. The van der Waals surface area contributed by atoms with E-state index in [2.05, 4.69) is 6.92 Å². The highest BCUT2D eigenvalue weighted by Gasteiger charge is 2.24. The molecule has 0 aromatic rings. The molecule has 0 aromatic carbocycles. The molecule has 1 saturated heterocycles. The van der Waals surface area contributed by atoms with Crippen molar-refractivity contribution in [1.29, 1.82) is 0 Å². The van der Waals surface area contributed by atoms with Crippen molar-refractivity contribution in [2.45, 2.75) is 32.8 Å². The minimum atomic E-state index is -0.224. The van der Waals surface area contributed by atoms with E-state index in [-0.39, 0.29) is 12.1 Å². The van der Waals surface area contributed by atoms with Gasteiger partial charge in [-0.3, -0.25) is 4.79 Å². The summed E-state index contributed by atoms with van der Waals surface area (Å²) in [5.41, 5.74) is 0. The maximum atomic E-state index is 10.5. The predicted molar refractivity (Wildman–Crippen MR) is 44.8 cm³/mol. The molecule has 0 bridgehead atoms. The van der Waals surface area contributed by atoms with Crippen molar-refractivity contribution in [1.82, 2.24) is 0 Å². The molecule has 1 rings (SSSR count). The summed E-state index contributed by atoms with van der Waals surface area (Å²) >= 11 is 0. The van der Waals surface area contributed by atoms with E-state index in [4.69, 9.17) is 9.47 Å². The Kier molecular flexibility index (Phi) is 3.53. The maximum absolute atomic E-state index is 10.5. The highest BCUT2D eigenvalue weighted by Crippen LogP contribution is 2.22. The van der Waals surface area contributed by atoms with Gasteiger partial charge >= 0.3 is 5.97 Å². The van der Waals surface area contributed by atoms with E-state index in [1.165, 1.54) is 6.92 Å². The fourth-order valence-corrected chi connectivity index (χ4v) is 1.39. The first kappa shape index (κ1) is 9.52. The van der Waals surface area contributed by atoms with E-state index in [9.17, 15) is 4.79 Å². The summed E-state index contributed by atoms with van der Waals surface area (Å²) in [4.78, 5) is 10.5. The lowest BCUT2D eigenvalue weighted by Crippen LogP contribution is -2.16. The Bertz CT molecular complexity index is 156. The zero-order valence-corrected chi connectivity index (χ0v) is 7.71. The lowest BCUT2D eigenvalue weighted by atomic mass is 10.0. The third-order valence-corrected chi connectivity index (χ3v) is 2.21. The van der Waals surface area contributed by atoms with E-state index in [0.29, 0.717) is 12.5 Å². The van der Waals surface area contributed by atoms with E-state index in [1.54, 1.807) is 0 Å². The average Bonchev–Trinajstić information content (AvgIpc) is 2.48. The van der Waals surface area contributed by atoms with Crippen molar-refractivity contribution in [3.63, 3.8) is 0 Å². The minimum absolute atomic E-state index is 0.138. The summed E-state index contributed by atoms with van der Waals surface area (Å²) in [5.74, 6) is 0.434. The molecule has 3 nitrogen and oxygen atoms in total. The van der Waals surface area contributed by atoms with Crippen molar-refractivity contribution in [2.75, 3.05) is 13.2 Å². The van der Waals surface area contributed by atoms with Gasteiger partial charge in [0.2, 0.25) is 0 Å². The smallest absolute Gasteiger partial charge is 0.302 e. The molecule has 0 N–H and O–H groups in total. The van der Waals surface area contributed by atoms with Gasteiger partial charge < -0.3 is 9.47 Å². The van der Waals surface area contributed by atoms with E-state index in [0.717, 1.165) is 19.4 Å². The Morgan fingerprint density at radius 2 is 2.42 bits per heavy atom. The standard InChI is InChI=1S/C9H16O3/c1-3-8-4-9(12-5-8)6-11-7(2)10/h8-9H,3-6H2,1-2H3. The van der Waals surface area contributed by atoms with Gasteiger partial charge in [0.05, 0.1) is 12.7 Å². The Hall–Kier alpha value is -0.570. The zero-order chi connectivity index (χ0) is 8.97. The highest BCUT2D eigenvalue weighted by atomic mass is 16.6. The van der Waals surface area contributed by atoms with E-state index in [1.807, 2.05) is 0 Å². The quantitative estimate of drug-likeness (QED) is 0.603. The minimum Gasteiger partial charge on any atom is -0.463 e. The number of hydrogen-bond donors (Lipinski definition) is 0. The maximum Gasteiger partial charge on any atom is 0.302 e. The Labute approximate surface area is 73.0 Å². The number of hydrogen-bond acceptors (Lipinski definition) is 3. The first-order chi connectivity index (χ1) is 5.72. The summed E-state index contributed by atoms with van der Waals surface area (Å²) in [6.45, 7) is 4.82. The second-order valence-electron chi connectivity index (χ2n) is 3.27. The van der Waals surface area contributed by atoms with Gasteiger partial charge in [-0.2, -0.15) is 0 Å². The van der Waals surface area contributed by atoms with Crippen LogP contribution in [0.1, 0.15) is 26.7 Å². The van der Waals surface area contributed by atoms with Crippen LogP contribution in [-0.4, -0.2) is 25.3 Å². The van der Waals surface area contributed by atoms with Crippen molar-refractivity contribution >= 4 is 5.97 Å². The van der Waals surface area contributed by atoms with Gasteiger partial charge in [-0.25, -0.2) is 0 Å². The molecule has 0 radical (unpaired) electrons. The molecule has 70 valence electrons. The van der Waals surface area contributed by atoms with Crippen LogP contribution in [0, 0.1) is 5.92 Å². The van der Waals surface area contributed by atoms with Gasteiger partial charge in [-0.1, -0.05) is 13.3 Å². The molecule has 0 saturated carbocycles. The lowest BCUT2D eigenvalue weighted by molar-refractivity contribution is -0.144. The summed E-state index contributed by atoms with van der Waals surface area (Å²) < 4.78 is 10.3. The molecule has 1 fully saturated rings.